The number of amides is 1. The van der Waals surface area contributed by atoms with Gasteiger partial charge in [-0.15, -0.1) is 0 Å². The summed E-state index contributed by atoms with van der Waals surface area (Å²) in [6.07, 6.45) is 5.37. The molecule has 1 aromatic carbocycles. The van der Waals surface area contributed by atoms with Crippen LogP contribution in [0.4, 0.5) is 5.69 Å². The van der Waals surface area contributed by atoms with Crippen LogP contribution in [0.5, 0.6) is 0 Å². The van der Waals surface area contributed by atoms with E-state index in [1.54, 1.807) is 6.07 Å². The van der Waals surface area contributed by atoms with E-state index < -0.39 is 5.91 Å². The van der Waals surface area contributed by atoms with E-state index in [-0.39, 0.29) is 0 Å². The molecule has 0 bridgehead atoms. The molecule has 1 unspecified atom stereocenters. The molecule has 1 atom stereocenters. The largest absolute Gasteiger partial charge is 0.380 e. The Labute approximate surface area is 132 Å². The highest BCUT2D eigenvalue weighted by molar-refractivity contribution is 5.99. The van der Waals surface area contributed by atoms with Gasteiger partial charge in [0.2, 0.25) is 0 Å². The molecule has 0 radical (unpaired) electrons. The van der Waals surface area contributed by atoms with Crippen LogP contribution in [0.1, 0.15) is 54.9 Å². The van der Waals surface area contributed by atoms with Crippen molar-refractivity contribution >= 4 is 11.6 Å². The number of carbonyl (C=O) groups excluding carboxylic acids is 1. The van der Waals surface area contributed by atoms with Crippen LogP contribution in [0.15, 0.2) is 18.2 Å². The number of benzene rings is 1. The molecule has 0 saturated carbocycles. The number of rotatable bonds is 5. The van der Waals surface area contributed by atoms with E-state index in [9.17, 15) is 4.79 Å². The molecule has 22 heavy (non-hydrogen) atoms. The Hall–Kier alpha value is -1.99. The van der Waals surface area contributed by atoms with Crippen molar-refractivity contribution in [3.8, 4) is 11.8 Å². The minimum atomic E-state index is -0.413. The predicted molar refractivity (Wildman–Crippen MR) is 90.9 cm³/mol. The van der Waals surface area contributed by atoms with Crippen molar-refractivity contribution < 1.29 is 4.79 Å². The van der Waals surface area contributed by atoms with Crippen LogP contribution in [-0.4, -0.2) is 25.0 Å². The summed E-state index contributed by atoms with van der Waals surface area (Å²) < 4.78 is 0. The van der Waals surface area contributed by atoms with E-state index in [2.05, 4.69) is 29.4 Å². The molecule has 4 N–H and O–H groups in total. The van der Waals surface area contributed by atoms with Crippen molar-refractivity contribution in [2.24, 2.45) is 5.73 Å². The molecule has 1 saturated heterocycles. The van der Waals surface area contributed by atoms with Crippen LogP contribution in [0, 0.1) is 11.8 Å². The smallest absolute Gasteiger partial charge is 0.250 e. The van der Waals surface area contributed by atoms with Gasteiger partial charge in [-0.3, -0.25) is 4.79 Å². The van der Waals surface area contributed by atoms with Crippen LogP contribution in [0.3, 0.4) is 0 Å². The van der Waals surface area contributed by atoms with Gasteiger partial charge in [0.15, 0.2) is 0 Å². The summed E-state index contributed by atoms with van der Waals surface area (Å²) in [6.45, 7) is 4.12. The van der Waals surface area contributed by atoms with Gasteiger partial charge in [-0.1, -0.05) is 25.2 Å². The molecule has 2 rings (SSSR count). The lowest BCUT2D eigenvalue weighted by molar-refractivity contribution is 0.100. The highest BCUT2D eigenvalue weighted by Gasteiger charge is 2.16. The van der Waals surface area contributed by atoms with Gasteiger partial charge in [0, 0.05) is 30.3 Å². The normalized spacial score (nSPS) is 17.4. The van der Waals surface area contributed by atoms with E-state index in [4.69, 9.17) is 5.73 Å². The van der Waals surface area contributed by atoms with Gasteiger partial charge in [-0.25, -0.2) is 0 Å². The van der Waals surface area contributed by atoms with Gasteiger partial charge in [-0.2, -0.15) is 0 Å². The standard InChI is InChI=1S/C18H25N3O/c1-2-3-4-5-7-14-9-10-17(16(12-14)18(19)22)21-15-8-6-11-20-13-15/h9-10,12,15,20-21H,2-4,6,8,11,13H2,1H3,(H2,19,22). The predicted octanol–water partition coefficient (Wildman–Crippen LogP) is 2.49. The Morgan fingerprint density at radius 1 is 1.50 bits per heavy atom. The third kappa shape index (κ3) is 4.78. The lowest BCUT2D eigenvalue weighted by atomic mass is 10.0. The van der Waals surface area contributed by atoms with Gasteiger partial charge in [0.05, 0.1) is 5.56 Å². The van der Waals surface area contributed by atoms with Gasteiger partial charge < -0.3 is 16.4 Å². The average molecular weight is 299 g/mol. The van der Waals surface area contributed by atoms with Crippen LogP contribution in [0.2, 0.25) is 0 Å². The topological polar surface area (TPSA) is 67.2 Å². The molecular formula is C18H25N3O. The van der Waals surface area contributed by atoms with Gasteiger partial charge in [-0.05, 0) is 44.0 Å². The average Bonchev–Trinajstić information content (AvgIpc) is 2.53. The van der Waals surface area contributed by atoms with E-state index in [0.29, 0.717) is 11.6 Å². The number of unbranched alkanes of at least 4 members (excludes halogenated alkanes) is 2. The molecule has 1 heterocycles. The van der Waals surface area contributed by atoms with Gasteiger partial charge in [0.1, 0.15) is 0 Å². The van der Waals surface area contributed by atoms with Gasteiger partial charge in [0.25, 0.3) is 5.91 Å². The summed E-state index contributed by atoms with van der Waals surface area (Å²) in [6, 6.07) is 6.00. The molecule has 4 heteroatoms. The molecule has 1 aliphatic heterocycles. The third-order valence-electron chi connectivity index (χ3n) is 3.83. The number of primary amides is 1. The first-order chi connectivity index (χ1) is 10.7. The first-order valence-corrected chi connectivity index (χ1v) is 8.10. The zero-order chi connectivity index (χ0) is 15.8. The SMILES string of the molecule is CCCCC#Cc1ccc(NC2CCCNC2)c(C(N)=O)c1. The summed E-state index contributed by atoms with van der Waals surface area (Å²) in [4.78, 5) is 11.7. The zero-order valence-electron chi connectivity index (χ0n) is 13.2. The summed E-state index contributed by atoms with van der Waals surface area (Å²) in [5.74, 6) is 5.83. The first kappa shape index (κ1) is 16.4. The number of nitrogens with two attached hydrogens (primary N) is 1. The second-order valence-corrected chi connectivity index (χ2v) is 5.72. The summed E-state index contributed by atoms with van der Waals surface area (Å²) in [5, 5.41) is 6.78. The van der Waals surface area contributed by atoms with Crippen LogP contribution >= 0.6 is 0 Å². The van der Waals surface area contributed by atoms with Crippen molar-refractivity contribution in [3.05, 3.63) is 29.3 Å². The minimum Gasteiger partial charge on any atom is -0.380 e. The second kappa shape index (κ2) is 8.45. The van der Waals surface area contributed by atoms with E-state index in [1.807, 2.05) is 12.1 Å². The van der Waals surface area contributed by atoms with E-state index >= 15 is 0 Å². The second-order valence-electron chi connectivity index (χ2n) is 5.72. The maximum atomic E-state index is 11.7. The van der Waals surface area contributed by atoms with Crippen molar-refractivity contribution in [1.82, 2.24) is 5.32 Å². The third-order valence-corrected chi connectivity index (χ3v) is 3.83. The number of carbonyl (C=O) groups is 1. The summed E-state index contributed by atoms with van der Waals surface area (Å²) in [5.41, 5.74) is 7.69. The number of piperidine rings is 1. The molecule has 0 aliphatic carbocycles. The molecule has 1 amide bonds. The number of hydrogen-bond donors (Lipinski definition) is 3. The highest BCUT2D eigenvalue weighted by atomic mass is 16.1. The molecule has 4 nitrogen and oxygen atoms in total. The van der Waals surface area contributed by atoms with E-state index in [0.717, 1.165) is 56.4 Å². The molecule has 1 aromatic rings. The van der Waals surface area contributed by atoms with Crippen molar-refractivity contribution in [3.63, 3.8) is 0 Å². The monoisotopic (exact) mass is 299 g/mol. The fraction of sp³-hybridized carbons (Fsp3) is 0.500. The Morgan fingerprint density at radius 2 is 2.36 bits per heavy atom. The van der Waals surface area contributed by atoms with Crippen LogP contribution in [-0.2, 0) is 0 Å². The Kier molecular flexibility index (Phi) is 6.29. The van der Waals surface area contributed by atoms with Crippen molar-refractivity contribution in [2.75, 3.05) is 18.4 Å². The van der Waals surface area contributed by atoms with Gasteiger partial charge >= 0.3 is 0 Å². The molecule has 0 spiro atoms. The zero-order valence-corrected chi connectivity index (χ0v) is 13.2. The molecule has 118 valence electrons. The molecule has 1 aliphatic rings. The fourth-order valence-corrected chi connectivity index (χ4v) is 2.58. The highest BCUT2D eigenvalue weighted by Crippen LogP contribution is 2.19. The molecular weight excluding hydrogens is 274 g/mol. The summed E-state index contributed by atoms with van der Waals surface area (Å²) in [7, 11) is 0. The first-order valence-electron chi connectivity index (χ1n) is 8.10. The minimum absolute atomic E-state index is 0.341. The lowest BCUT2D eigenvalue weighted by Gasteiger charge is -2.25. The van der Waals surface area contributed by atoms with Crippen molar-refractivity contribution in [1.29, 1.82) is 0 Å². The maximum absolute atomic E-state index is 11.7. The van der Waals surface area contributed by atoms with Crippen LogP contribution < -0.4 is 16.4 Å². The number of anilines is 1. The molecule has 1 fully saturated rings. The fourth-order valence-electron chi connectivity index (χ4n) is 2.58. The lowest BCUT2D eigenvalue weighted by Crippen LogP contribution is -2.38. The number of hydrogen-bond acceptors (Lipinski definition) is 3. The Morgan fingerprint density at radius 3 is 3.05 bits per heavy atom. The number of nitrogens with one attached hydrogen (secondary N) is 2. The summed E-state index contributed by atoms with van der Waals surface area (Å²) >= 11 is 0. The van der Waals surface area contributed by atoms with Crippen LogP contribution in [0.25, 0.3) is 0 Å². The quantitative estimate of drug-likeness (QED) is 0.578. The Balaban J connectivity index is 2.12. The van der Waals surface area contributed by atoms with E-state index in [1.165, 1.54) is 0 Å². The van der Waals surface area contributed by atoms with Crippen molar-refractivity contribution in [2.45, 2.75) is 45.1 Å². The molecule has 0 aromatic heterocycles. The Bertz CT molecular complexity index is 565. The maximum Gasteiger partial charge on any atom is 0.250 e.